The largest absolute Gasteiger partial charge is 0.570 e. The molecule has 1 aromatic heterocycles. The molecule has 4 aromatic rings. The van der Waals surface area contributed by atoms with Gasteiger partial charge in [0.15, 0.2) is 0 Å². The summed E-state index contributed by atoms with van der Waals surface area (Å²) < 4.78 is 4.76. The molecule has 3 aromatic carbocycles. The second kappa shape index (κ2) is 5.51. The molecule has 0 aliphatic heterocycles. The maximum absolute atomic E-state index is 2.40. The SMILES string of the molecule is [AlH2][N]([AlH2])c1ccc(-n2c3ccccc3c3ccccc32)cc1. The average molecular weight is 314 g/mol. The monoisotopic (exact) mass is 314 g/mol. The van der Waals surface area contributed by atoms with Gasteiger partial charge in [0.2, 0.25) is 0 Å². The highest BCUT2D eigenvalue weighted by atomic mass is 27.1. The fourth-order valence-electron chi connectivity index (χ4n) is 3.10. The molecule has 1 heterocycles. The summed E-state index contributed by atoms with van der Waals surface area (Å²) in [6, 6.07) is 26.2. The van der Waals surface area contributed by atoms with Crippen LogP contribution in [0.25, 0.3) is 27.5 Å². The highest BCUT2D eigenvalue weighted by Gasteiger charge is 2.10. The Morgan fingerprint density at radius 1 is 0.636 bits per heavy atom. The summed E-state index contributed by atoms with van der Waals surface area (Å²) in [6.07, 6.45) is 0. The van der Waals surface area contributed by atoms with Crippen molar-refractivity contribution in [2.45, 2.75) is 0 Å². The predicted octanol–water partition coefficient (Wildman–Crippen LogP) is 2.69. The van der Waals surface area contributed by atoms with Gasteiger partial charge in [-0.05, 0) is 42.1 Å². The van der Waals surface area contributed by atoms with Gasteiger partial charge in [-0.1, -0.05) is 36.4 Å². The Bertz CT molecular complexity index is 903. The van der Waals surface area contributed by atoms with Gasteiger partial charge in [-0.25, -0.2) is 0 Å². The summed E-state index contributed by atoms with van der Waals surface area (Å²) >= 11 is 2.18. The van der Waals surface area contributed by atoms with Gasteiger partial charge in [0.25, 0.3) is 0 Å². The molecule has 22 heavy (non-hydrogen) atoms. The Kier molecular flexibility index (Phi) is 3.49. The zero-order valence-corrected chi connectivity index (χ0v) is 16.8. The lowest BCUT2D eigenvalue weighted by molar-refractivity contribution is 1.18. The zero-order valence-electron chi connectivity index (χ0n) is 12.8. The Hall–Kier alpha value is -1.68. The lowest BCUT2D eigenvalue weighted by Gasteiger charge is -2.17. The number of aromatic nitrogens is 1. The van der Waals surface area contributed by atoms with E-state index < -0.39 is 0 Å². The van der Waals surface area contributed by atoms with Gasteiger partial charge >= 0.3 is 33.0 Å². The highest BCUT2D eigenvalue weighted by Crippen LogP contribution is 2.31. The minimum Gasteiger partial charge on any atom is -0.570 e. The Morgan fingerprint density at radius 2 is 1.14 bits per heavy atom. The lowest BCUT2D eigenvalue weighted by atomic mass is 10.2. The third kappa shape index (κ3) is 2.17. The van der Waals surface area contributed by atoms with E-state index in [1.165, 1.54) is 33.2 Å². The van der Waals surface area contributed by atoms with Crippen molar-refractivity contribution in [2.24, 2.45) is 0 Å². The van der Waals surface area contributed by atoms with Crippen LogP contribution in [-0.4, -0.2) is 37.6 Å². The molecule has 2 nitrogen and oxygen atoms in total. The smallest absolute Gasteiger partial charge is 0.336 e. The van der Waals surface area contributed by atoms with Crippen molar-refractivity contribution < 1.29 is 0 Å². The highest BCUT2D eigenvalue weighted by molar-refractivity contribution is 6.41. The average Bonchev–Trinajstić information content (AvgIpc) is 2.89. The topological polar surface area (TPSA) is 8.17 Å². The molecule has 0 fully saturated rings. The van der Waals surface area contributed by atoms with Crippen molar-refractivity contribution in [3.8, 4) is 5.69 Å². The second-order valence-corrected chi connectivity index (χ2v) is 10.3. The Labute approximate surface area is 146 Å². The molecule has 0 bridgehead atoms. The molecular formula is C18H16Al2N2. The second-order valence-electron chi connectivity index (χ2n) is 5.78. The van der Waals surface area contributed by atoms with E-state index in [9.17, 15) is 0 Å². The number of para-hydroxylation sites is 2. The van der Waals surface area contributed by atoms with E-state index in [2.05, 4.69) is 80.2 Å². The third-order valence-electron chi connectivity index (χ3n) is 4.20. The van der Waals surface area contributed by atoms with Gasteiger partial charge in [-0.2, -0.15) is 0 Å². The standard InChI is InChI=1S/C18H12N2.2Al.4H/c19-13-9-11-14(12-10-13)20-17-7-3-1-5-15(17)16-6-2-4-8-18(16)20;;;;;;/h1-12H;;;;;;. The molecular weight excluding hydrogens is 298 g/mol. The summed E-state index contributed by atoms with van der Waals surface area (Å²) in [5.74, 6) is 0. The predicted molar refractivity (Wildman–Crippen MR) is 100 cm³/mol. The van der Waals surface area contributed by atoms with E-state index in [0.717, 1.165) is 33.0 Å². The molecule has 4 heteroatoms. The number of fused-ring (bicyclic) bond motifs is 3. The first-order valence-electron chi connectivity index (χ1n) is 7.51. The van der Waals surface area contributed by atoms with Gasteiger partial charge in [0.05, 0.1) is 11.0 Å². The van der Waals surface area contributed by atoms with E-state index in [4.69, 9.17) is 0 Å². The fourth-order valence-corrected chi connectivity index (χ4v) is 3.70. The van der Waals surface area contributed by atoms with Crippen LogP contribution in [0.1, 0.15) is 0 Å². The molecule has 0 unspecified atom stereocenters. The van der Waals surface area contributed by atoms with E-state index in [0.29, 0.717) is 0 Å². The molecule has 0 atom stereocenters. The Balaban J connectivity index is 2.04. The number of benzene rings is 3. The molecule has 0 aliphatic carbocycles. The fraction of sp³-hybridized carbons (Fsp3) is 0. The normalized spacial score (nSPS) is 11.1. The number of anilines is 1. The summed E-state index contributed by atoms with van der Waals surface area (Å²) in [4.78, 5) is 0. The summed E-state index contributed by atoms with van der Waals surface area (Å²) in [7, 11) is 0. The molecule has 0 N–H and O–H groups in total. The van der Waals surface area contributed by atoms with E-state index in [1.807, 2.05) is 0 Å². The van der Waals surface area contributed by atoms with Crippen molar-refractivity contribution in [3.63, 3.8) is 0 Å². The number of rotatable bonds is 2. The first kappa shape index (κ1) is 14.0. The maximum Gasteiger partial charge on any atom is 0.336 e. The molecule has 0 saturated carbocycles. The van der Waals surface area contributed by atoms with Crippen LogP contribution in [0.3, 0.4) is 0 Å². The van der Waals surface area contributed by atoms with Crippen LogP contribution in [0, 0.1) is 0 Å². The van der Waals surface area contributed by atoms with Crippen LogP contribution in [0.4, 0.5) is 5.69 Å². The minimum atomic E-state index is 1.09. The lowest BCUT2D eigenvalue weighted by Crippen LogP contribution is -2.13. The third-order valence-corrected chi connectivity index (χ3v) is 5.24. The molecule has 0 amide bonds. The van der Waals surface area contributed by atoms with Crippen molar-refractivity contribution in [3.05, 3.63) is 72.8 Å². The summed E-state index contributed by atoms with van der Waals surface area (Å²) in [5.41, 5.74) is 5.10. The van der Waals surface area contributed by atoms with Crippen molar-refractivity contribution >= 4 is 60.5 Å². The van der Waals surface area contributed by atoms with E-state index in [-0.39, 0.29) is 0 Å². The van der Waals surface area contributed by atoms with Crippen LogP contribution in [0.15, 0.2) is 72.8 Å². The van der Waals surface area contributed by atoms with Crippen LogP contribution >= 0.6 is 0 Å². The van der Waals surface area contributed by atoms with Crippen LogP contribution in [-0.2, 0) is 0 Å². The molecule has 0 radical (unpaired) electrons. The van der Waals surface area contributed by atoms with Gasteiger partial charge in [-0.3, -0.25) is 0 Å². The summed E-state index contributed by atoms with van der Waals surface area (Å²) in [5, 5.41) is 2.63. The van der Waals surface area contributed by atoms with Gasteiger partial charge < -0.3 is 7.43 Å². The molecule has 0 spiro atoms. The van der Waals surface area contributed by atoms with Crippen LogP contribution in [0.5, 0.6) is 0 Å². The van der Waals surface area contributed by atoms with Crippen molar-refractivity contribution in [1.82, 2.24) is 4.57 Å². The van der Waals surface area contributed by atoms with E-state index in [1.54, 1.807) is 0 Å². The molecule has 104 valence electrons. The van der Waals surface area contributed by atoms with Crippen molar-refractivity contribution in [2.75, 3.05) is 2.87 Å². The summed E-state index contributed by atoms with van der Waals surface area (Å²) in [6.45, 7) is 0. The number of hydrogen-bond acceptors (Lipinski definition) is 1. The maximum atomic E-state index is 2.40. The first-order valence-corrected chi connectivity index (χ1v) is 9.30. The quantitative estimate of drug-likeness (QED) is 0.517. The van der Waals surface area contributed by atoms with Crippen LogP contribution < -0.4 is 2.87 Å². The van der Waals surface area contributed by atoms with Crippen LogP contribution in [0.2, 0.25) is 0 Å². The van der Waals surface area contributed by atoms with Crippen molar-refractivity contribution in [1.29, 1.82) is 0 Å². The van der Waals surface area contributed by atoms with E-state index >= 15 is 0 Å². The van der Waals surface area contributed by atoms with Gasteiger partial charge in [0.1, 0.15) is 0 Å². The number of nitrogens with zero attached hydrogens (tertiary/aromatic N) is 2. The Morgan fingerprint density at radius 3 is 1.64 bits per heavy atom. The van der Waals surface area contributed by atoms with Gasteiger partial charge in [-0.15, -0.1) is 0 Å². The molecule has 4 rings (SSSR count). The molecule has 0 aliphatic rings. The number of hydrogen-bond donors (Lipinski definition) is 0. The molecule has 0 saturated heterocycles. The minimum absolute atomic E-state index is 1.09. The first-order chi connectivity index (χ1) is 10.8. The van der Waals surface area contributed by atoms with Gasteiger partial charge in [0, 0.05) is 16.5 Å². The zero-order chi connectivity index (χ0) is 15.1.